The summed E-state index contributed by atoms with van der Waals surface area (Å²) in [4.78, 5) is 25.9. The van der Waals surface area contributed by atoms with Crippen LogP contribution in [0.25, 0.3) is 0 Å². The average molecular weight is 264 g/mol. The van der Waals surface area contributed by atoms with Gasteiger partial charge in [0.05, 0.1) is 10.8 Å². The van der Waals surface area contributed by atoms with Gasteiger partial charge in [-0.2, -0.15) is 0 Å². The molecule has 0 aliphatic heterocycles. The first-order chi connectivity index (χ1) is 8.99. The molecule has 1 aromatic rings. The van der Waals surface area contributed by atoms with E-state index in [0.717, 1.165) is 18.4 Å². The summed E-state index contributed by atoms with van der Waals surface area (Å²) < 4.78 is 0. The molecule has 1 aromatic heterocycles. The number of pyridine rings is 1. The van der Waals surface area contributed by atoms with Crippen LogP contribution in [0.1, 0.15) is 24.8 Å². The van der Waals surface area contributed by atoms with Gasteiger partial charge in [0.25, 0.3) is 0 Å². The van der Waals surface area contributed by atoms with Crippen molar-refractivity contribution in [1.29, 1.82) is 0 Å². The number of hydrogen-bond acceptors (Lipinski definition) is 5. The Morgan fingerprint density at radius 1 is 1.58 bits per heavy atom. The Bertz CT molecular complexity index is 518. The van der Waals surface area contributed by atoms with Crippen molar-refractivity contribution >= 4 is 17.4 Å². The third kappa shape index (κ3) is 2.81. The summed E-state index contributed by atoms with van der Waals surface area (Å²) in [5.41, 5.74) is 5.97. The lowest BCUT2D eigenvalue weighted by Gasteiger charge is -2.18. The monoisotopic (exact) mass is 264 g/mol. The van der Waals surface area contributed by atoms with E-state index >= 15 is 0 Å². The summed E-state index contributed by atoms with van der Waals surface area (Å²) in [5.74, 6) is -0.457. The molecular formula is C12H16N4O3. The van der Waals surface area contributed by atoms with Crippen LogP contribution < -0.4 is 11.1 Å². The Balaban J connectivity index is 2.23. The molecule has 1 fully saturated rings. The van der Waals surface area contributed by atoms with E-state index in [1.54, 1.807) is 13.1 Å². The van der Waals surface area contributed by atoms with E-state index in [4.69, 9.17) is 5.73 Å². The lowest BCUT2D eigenvalue weighted by atomic mass is 10.0. The fourth-order valence-corrected chi connectivity index (χ4v) is 2.45. The highest BCUT2D eigenvalue weighted by Gasteiger charge is 2.33. The van der Waals surface area contributed by atoms with Crippen molar-refractivity contribution in [3.05, 3.63) is 27.9 Å². The Labute approximate surface area is 110 Å². The van der Waals surface area contributed by atoms with E-state index in [1.807, 2.05) is 0 Å². The second-order valence-electron chi connectivity index (χ2n) is 4.83. The van der Waals surface area contributed by atoms with Gasteiger partial charge in [-0.3, -0.25) is 14.9 Å². The molecular weight excluding hydrogens is 248 g/mol. The number of aryl methyl sites for hydroxylation is 1. The van der Waals surface area contributed by atoms with Crippen molar-refractivity contribution in [2.24, 2.45) is 11.7 Å². The molecule has 0 aromatic carbocycles. The number of hydrogen-bond donors (Lipinski definition) is 2. The summed E-state index contributed by atoms with van der Waals surface area (Å²) in [6.45, 7) is 1.74. The Kier molecular flexibility index (Phi) is 3.64. The number of primary amides is 1. The Morgan fingerprint density at radius 2 is 2.32 bits per heavy atom. The number of nitrogens with two attached hydrogens (primary N) is 1. The molecule has 102 valence electrons. The van der Waals surface area contributed by atoms with Gasteiger partial charge >= 0.3 is 5.69 Å². The zero-order valence-electron chi connectivity index (χ0n) is 10.6. The first-order valence-electron chi connectivity index (χ1n) is 6.16. The maximum absolute atomic E-state index is 11.3. The standard InChI is InChI=1S/C12H16N4O3/c1-7-5-10(16(18)19)12(14-6-7)15-9-4-2-3-8(9)11(13)17/h5-6,8-9H,2-4H2,1H3,(H2,13,17)(H,14,15). The van der Waals surface area contributed by atoms with Crippen LogP contribution in [0.15, 0.2) is 12.3 Å². The Morgan fingerprint density at radius 3 is 2.95 bits per heavy atom. The zero-order valence-corrected chi connectivity index (χ0v) is 10.6. The minimum absolute atomic E-state index is 0.0740. The van der Waals surface area contributed by atoms with Gasteiger partial charge < -0.3 is 11.1 Å². The molecule has 7 heteroatoms. The molecule has 1 saturated carbocycles. The van der Waals surface area contributed by atoms with Gasteiger partial charge in [-0.15, -0.1) is 0 Å². The summed E-state index contributed by atoms with van der Waals surface area (Å²) in [5, 5.41) is 14.0. The van der Waals surface area contributed by atoms with Crippen LogP contribution in [-0.2, 0) is 4.79 Å². The van der Waals surface area contributed by atoms with Crippen LogP contribution in [0.4, 0.5) is 11.5 Å². The molecule has 1 amide bonds. The SMILES string of the molecule is Cc1cnc(NC2CCCC2C(N)=O)c([N+](=O)[O-])c1. The average Bonchev–Trinajstić information content (AvgIpc) is 2.79. The highest BCUT2D eigenvalue weighted by atomic mass is 16.6. The number of anilines is 1. The van der Waals surface area contributed by atoms with E-state index in [2.05, 4.69) is 10.3 Å². The van der Waals surface area contributed by atoms with Gasteiger partial charge in [0.2, 0.25) is 11.7 Å². The highest BCUT2D eigenvalue weighted by molar-refractivity contribution is 5.78. The smallest absolute Gasteiger partial charge is 0.311 e. The summed E-state index contributed by atoms with van der Waals surface area (Å²) in [6, 6.07) is 1.29. The maximum Gasteiger partial charge on any atom is 0.311 e. The topological polar surface area (TPSA) is 111 Å². The van der Waals surface area contributed by atoms with Gasteiger partial charge in [-0.1, -0.05) is 6.42 Å². The third-order valence-electron chi connectivity index (χ3n) is 3.40. The van der Waals surface area contributed by atoms with E-state index in [9.17, 15) is 14.9 Å². The van der Waals surface area contributed by atoms with Crippen molar-refractivity contribution in [2.75, 3.05) is 5.32 Å². The van der Waals surface area contributed by atoms with Crippen LogP contribution in [-0.4, -0.2) is 21.9 Å². The number of aromatic nitrogens is 1. The molecule has 7 nitrogen and oxygen atoms in total. The molecule has 0 spiro atoms. The van der Waals surface area contributed by atoms with Crippen molar-refractivity contribution in [2.45, 2.75) is 32.2 Å². The highest BCUT2D eigenvalue weighted by Crippen LogP contribution is 2.31. The molecule has 0 saturated heterocycles. The maximum atomic E-state index is 11.3. The first-order valence-corrected chi connectivity index (χ1v) is 6.16. The van der Waals surface area contributed by atoms with Gasteiger partial charge in [0.1, 0.15) is 0 Å². The number of carbonyl (C=O) groups excluding carboxylic acids is 1. The van der Waals surface area contributed by atoms with Crippen molar-refractivity contribution < 1.29 is 9.72 Å². The van der Waals surface area contributed by atoms with Crippen LogP contribution in [0.3, 0.4) is 0 Å². The van der Waals surface area contributed by atoms with E-state index in [-0.39, 0.29) is 29.4 Å². The summed E-state index contributed by atoms with van der Waals surface area (Å²) >= 11 is 0. The molecule has 1 heterocycles. The molecule has 2 rings (SSSR count). The fraction of sp³-hybridized carbons (Fsp3) is 0.500. The predicted octanol–water partition coefficient (Wildman–Crippen LogP) is 1.36. The van der Waals surface area contributed by atoms with Crippen LogP contribution in [0.2, 0.25) is 0 Å². The molecule has 1 aliphatic carbocycles. The molecule has 0 bridgehead atoms. The van der Waals surface area contributed by atoms with Gasteiger partial charge in [0.15, 0.2) is 0 Å². The van der Waals surface area contributed by atoms with Crippen LogP contribution in [0.5, 0.6) is 0 Å². The molecule has 2 atom stereocenters. The molecule has 0 radical (unpaired) electrons. The van der Waals surface area contributed by atoms with Gasteiger partial charge in [0, 0.05) is 18.3 Å². The van der Waals surface area contributed by atoms with E-state index in [1.165, 1.54) is 6.07 Å². The summed E-state index contributed by atoms with van der Waals surface area (Å²) in [6.07, 6.45) is 3.92. The minimum Gasteiger partial charge on any atom is -0.369 e. The molecule has 2 unspecified atom stereocenters. The normalized spacial score (nSPS) is 22.2. The number of amides is 1. The fourth-order valence-electron chi connectivity index (χ4n) is 2.45. The lowest BCUT2D eigenvalue weighted by Crippen LogP contribution is -2.34. The third-order valence-corrected chi connectivity index (χ3v) is 3.40. The van der Waals surface area contributed by atoms with Crippen molar-refractivity contribution in [3.8, 4) is 0 Å². The number of nitro groups is 1. The van der Waals surface area contributed by atoms with Gasteiger partial charge in [-0.25, -0.2) is 4.98 Å². The van der Waals surface area contributed by atoms with Crippen LogP contribution in [0, 0.1) is 23.0 Å². The molecule has 1 aliphatic rings. The molecule has 3 N–H and O–H groups in total. The predicted molar refractivity (Wildman–Crippen MR) is 69.6 cm³/mol. The summed E-state index contributed by atoms with van der Waals surface area (Å²) in [7, 11) is 0. The lowest BCUT2D eigenvalue weighted by molar-refractivity contribution is -0.384. The molecule has 19 heavy (non-hydrogen) atoms. The second-order valence-corrected chi connectivity index (χ2v) is 4.83. The number of nitrogens with zero attached hydrogens (tertiary/aromatic N) is 2. The quantitative estimate of drug-likeness (QED) is 0.630. The second kappa shape index (κ2) is 5.21. The minimum atomic E-state index is -0.476. The van der Waals surface area contributed by atoms with Crippen molar-refractivity contribution in [1.82, 2.24) is 4.98 Å². The number of carbonyl (C=O) groups is 1. The van der Waals surface area contributed by atoms with E-state index < -0.39 is 4.92 Å². The van der Waals surface area contributed by atoms with E-state index in [0.29, 0.717) is 6.42 Å². The van der Waals surface area contributed by atoms with Crippen molar-refractivity contribution in [3.63, 3.8) is 0 Å². The largest absolute Gasteiger partial charge is 0.369 e. The number of nitrogens with one attached hydrogen (secondary N) is 1. The number of rotatable bonds is 4. The first kappa shape index (κ1) is 13.3. The van der Waals surface area contributed by atoms with Crippen LogP contribution >= 0.6 is 0 Å². The Hall–Kier alpha value is -2.18. The van der Waals surface area contributed by atoms with Gasteiger partial charge in [-0.05, 0) is 25.3 Å². The zero-order chi connectivity index (χ0) is 14.0.